The third-order valence-electron chi connectivity index (χ3n) is 7.98. The summed E-state index contributed by atoms with van der Waals surface area (Å²) in [6.07, 6.45) is 1.80. The molecule has 2 aromatic carbocycles. The summed E-state index contributed by atoms with van der Waals surface area (Å²) in [4.78, 5) is 33.9. The van der Waals surface area contributed by atoms with Gasteiger partial charge in [0, 0.05) is 36.9 Å². The number of amides is 3. The molecule has 9 heteroatoms. The van der Waals surface area contributed by atoms with Crippen molar-refractivity contribution in [2.75, 3.05) is 38.6 Å². The van der Waals surface area contributed by atoms with Gasteiger partial charge in [0.05, 0.1) is 16.3 Å². The number of piperidine rings is 1. The van der Waals surface area contributed by atoms with Gasteiger partial charge in [-0.2, -0.15) is 0 Å². The molecule has 0 aliphatic carbocycles. The summed E-state index contributed by atoms with van der Waals surface area (Å²) >= 11 is 1.58. The average molecular weight is 520 g/mol. The van der Waals surface area contributed by atoms with E-state index in [1.807, 2.05) is 72.3 Å². The largest absolute Gasteiger partial charge is 0.457 e. The Labute approximate surface area is 222 Å². The molecule has 0 aromatic heterocycles. The van der Waals surface area contributed by atoms with Crippen LogP contribution in [0.2, 0.25) is 0 Å². The second kappa shape index (κ2) is 9.70. The standard InChI is InChI=1S/C28H33N5O3S/c1-17-15-20(36-19-7-5-4-6-8-19)9-10-21(17)33-22-11-13-29-26-23(22)24(30-28(33)35)25(37-26)27(34)32(3)18-12-14-31(2)16-18/h4-10,15,18,22-23,26,29H,11-14,16H2,1-3H3,(H,30,35)/t18-,22?,23?,26?/m1/s1. The first-order valence-electron chi connectivity index (χ1n) is 12.9. The Hall–Kier alpha value is -3.01. The molecule has 37 heavy (non-hydrogen) atoms. The highest BCUT2D eigenvalue weighted by atomic mass is 32.2. The van der Waals surface area contributed by atoms with Crippen LogP contribution in [0.15, 0.2) is 59.1 Å². The normalized spacial score (nSPS) is 27.2. The molecule has 3 amide bonds. The summed E-state index contributed by atoms with van der Waals surface area (Å²) < 4.78 is 6.01. The van der Waals surface area contributed by atoms with Crippen molar-refractivity contribution in [3.8, 4) is 11.5 Å². The molecule has 4 heterocycles. The van der Waals surface area contributed by atoms with Gasteiger partial charge < -0.3 is 25.2 Å². The van der Waals surface area contributed by atoms with E-state index in [-0.39, 0.29) is 35.3 Å². The van der Waals surface area contributed by atoms with Gasteiger partial charge in [-0.05, 0) is 75.8 Å². The van der Waals surface area contributed by atoms with E-state index in [0.29, 0.717) is 4.91 Å². The van der Waals surface area contributed by atoms with Crippen LogP contribution >= 0.6 is 11.8 Å². The summed E-state index contributed by atoms with van der Waals surface area (Å²) in [6, 6.07) is 15.5. The van der Waals surface area contributed by atoms with Gasteiger partial charge in [-0.15, -0.1) is 0 Å². The van der Waals surface area contributed by atoms with Crippen molar-refractivity contribution in [2.24, 2.45) is 5.92 Å². The van der Waals surface area contributed by atoms with Crippen molar-refractivity contribution < 1.29 is 14.3 Å². The maximum absolute atomic E-state index is 13.6. The molecule has 6 rings (SSSR count). The van der Waals surface area contributed by atoms with Crippen molar-refractivity contribution in [3.05, 3.63) is 64.7 Å². The molecule has 3 unspecified atom stereocenters. The SMILES string of the molecule is Cc1cc(Oc2ccccc2)ccc1N1C(=O)NC2=C(C(=O)N(C)[C@@H]3CCN(C)C3)SC3NCCC1C23. The minimum atomic E-state index is -0.173. The minimum absolute atomic E-state index is 0.0163. The van der Waals surface area contributed by atoms with Gasteiger partial charge in [0.25, 0.3) is 5.91 Å². The maximum Gasteiger partial charge on any atom is 0.326 e. The lowest BCUT2D eigenvalue weighted by Crippen LogP contribution is -2.62. The Morgan fingerprint density at radius 1 is 1.14 bits per heavy atom. The first-order valence-corrected chi connectivity index (χ1v) is 13.8. The number of ether oxygens (including phenoxy) is 1. The number of benzene rings is 2. The fraction of sp³-hybridized carbons (Fsp3) is 0.429. The van der Waals surface area contributed by atoms with E-state index in [0.717, 1.165) is 60.9 Å². The lowest BCUT2D eigenvalue weighted by molar-refractivity contribution is -0.126. The van der Waals surface area contributed by atoms with Crippen LogP contribution < -0.4 is 20.3 Å². The number of aryl methyl sites for hydroxylation is 1. The van der Waals surface area contributed by atoms with Crippen LogP contribution in [0.1, 0.15) is 18.4 Å². The topological polar surface area (TPSA) is 77.2 Å². The highest BCUT2D eigenvalue weighted by molar-refractivity contribution is 8.04. The Kier molecular flexibility index (Phi) is 6.38. The fourth-order valence-corrected chi connectivity index (χ4v) is 7.51. The van der Waals surface area contributed by atoms with Crippen LogP contribution in [-0.2, 0) is 4.79 Å². The zero-order chi connectivity index (χ0) is 25.7. The zero-order valence-electron chi connectivity index (χ0n) is 21.4. The van der Waals surface area contributed by atoms with E-state index in [1.54, 1.807) is 11.8 Å². The number of carbonyl (C=O) groups is 2. The van der Waals surface area contributed by atoms with Crippen LogP contribution in [0.25, 0.3) is 0 Å². The van der Waals surface area contributed by atoms with Crippen LogP contribution in [0.4, 0.5) is 10.5 Å². The van der Waals surface area contributed by atoms with Crippen molar-refractivity contribution in [2.45, 2.75) is 37.2 Å². The van der Waals surface area contributed by atoms with Gasteiger partial charge in [-0.3, -0.25) is 9.69 Å². The number of hydrogen-bond donors (Lipinski definition) is 2. The number of hydrogen-bond acceptors (Lipinski definition) is 6. The van der Waals surface area contributed by atoms with Gasteiger partial charge in [-0.25, -0.2) is 4.79 Å². The van der Waals surface area contributed by atoms with Crippen molar-refractivity contribution in [1.29, 1.82) is 0 Å². The predicted octanol–water partition coefficient (Wildman–Crippen LogP) is 3.74. The Morgan fingerprint density at radius 2 is 1.95 bits per heavy atom. The van der Waals surface area contributed by atoms with E-state index >= 15 is 0 Å². The second-order valence-electron chi connectivity index (χ2n) is 10.4. The number of para-hydroxylation sites is 1. The molecule has 2 aromatic rings. The summed E-state index contributed by atoms with van der Waals surface area (Å²) in [5.41, 5.74) is 2.63. The number of likely N-dealkylation sites (tertiary alicyclic amines) is 1. The Morgan fingerprint density at radius 3 is 2.68 bits per heavy atom. The number of carbonyl (C=O) groups excluding carboxylic acids is 2. The molecule has 4 aliphatic rings. The highest BCUT2D eigenvalue weighted by Gasteiger charge is 2.52. The second-order valence-corrected chi connectivity index (χ2v) is 11.6. The van der Waals surface area contributed by atoms with Gasteiger partial charge in [0.1, 0.15) is 11.5 Å². The monoisotopic (exact) mass is 519 g/mol. The third-order valence-corrected chi connectivity index (χ3v) is 9.32. The number of nitrogens with zero attached hydrogens (tertiary/aromatic N) is 3. The lowest BCUT2D eigenvalue weighted by atomic mass is 9.86. The van der Waals surface area contributed by atoms with E-state index in [4.69, 9.17) is 4.74 Å². The number of nitrogens with one attached hydrogen (secondary N) is 2. The molecule has 4 atom stereocenters. The van der Waals surface area contributed by atoms with Gasteiger partial charge >= 0.3 is 6.03 Å². The molecular formula is C28H33N5O3S. The smallest absolute Gasteiger partial charge is 0.326 e. The van der Waals surface area contributed by atoms with Crippen molar-refractivity contribution >= 4 is 29.4 Å². The van der Waals surface area contributed by atoms with Crippen LogP contribution in [0.3, 0.4) is 0 Å². The maximum atomic E-state index is 13.6. The van der Waals surface area contributed by atoms with E-state index in [9.17, 15) is 9.59 Å². The van der Waals surface area contributed by atoms with Gasteiger partial charge in [-0.1, -0.05) is 30.0 Å². The van der Waals surface area contributed by atoms with E-state index in [2.05, 4.69) is 22.6 Å². The highest BCUT2D eigenvalue weighted by Crippen LogP contribution is 2.49. The van der Waals surface area contributed by atoms with Gasteiger partial charge in [0.15, 0.2) is 0 Å². The molecule has 3 saturated heterocycles. The number of likely N-dealkylation sites (N-methyl/N-ethyl adjacent to an activating group) is 2. The lowest BCUT2D eigenvalue weighted by Gasteiger charge is -2.46. The van der Waals surface area contributed by atoms with Crippen LogP contribution in [0, 0.1) is 12.8 Å². The quantitative estimate of drug-likeness (QED) is 0.627. The molecule has 8 nitrogen and oxygen atoms in total. The molecule has 4 aliphatic heterocycles. The van der Waals surface area contributed by atoms with Crippen molar-refractivity contribution in [3.63, 3.8) is 0 Å². The number of urea groups is 1. The summed E-state index contributed by atoms with van der Waals surface area (Å²) in [7, 11) is 3.98. The van der Waals surface area contributed by atoms with E-state index < -0.39 is 0 Å². The van der Waals surface area contributed by atoms with Crippen molar-refractivity contribution in [1.82, 2.24) is 20.4 Å². The first kappa shape index (κ1) is 24.3. The molecule has 0 radical (unpaired) electrons. The molecule has 2 N–H and O–H groups in total. The van der Waals surface area contributed by atoms with E-state index in [1.165, 1.54) is 0 Å². The third kappa shape index (κ3) is 4.39. The fourth-order valence-electron chi connectivity index (χ4n) is 6.03. The molecule has 0 bridgehead atoms. The number of rotatable bonds is 5. The summed E-state index contributed by atoms with van der Waals surface area (Å²) in [6.45, 7) is 4.69. The molecule has 3 fully saturated rings. The molecule has 0 saturated carbocycles. The molecular weight excluding hydrogens is 486 g/mol. The number of anilines is 1. The first-order chi connectivity index (χ1) is 17.9. The molecule has 194 valence electrons. The van der Waals surface area contributed by atoms with Gasteiger partial charge in [0.2, 0.25) is 0 Å². The molecule has 0 spiro atoms. The Bertz CT molecular complexity index is 1250. The Balaban J connectivity index is 1.27. The van der Waals surface area contributed by atoms with Crippen LogP contribution in [-0.4, -0.2) is 72.9 Å². The number of thioether (sulfide) groups is 1. The summed E-state index contributed by atoms with van der Waals surface area (Å²) in [5, 5.41) is 6.80. The predicted molar refractivity (Wildman–Crippen MR) is 146 cm³/mol. The minimum Gasteiger partial charge on any atom is -0.457 e. The zero-order valence-corrected chi connectivity index (χ0v) is 22.3. The van der Waals surface area contributed by atoms with Crippen LogP contribution in [0.5, 0.6) is 11.5 Å². The summed E-state index contributed by atoms with van der Waals surface area (Å²) in [5.74, 6) is 1.56. The average Bonchev–Trinajstić information content (AvgIpc) is 3.49.